The molecule has 0 amide bonds. The van der Waals surface area contributed by atoms with Crippen LogP contribution < -0.4 is 10.6 Å². The molecular formula is C21H23ClN4O2. The van der Waals surface area contributed by atoms with Crippen LogP contribution in [0.3, 0.4) is 0 Å². The second kappa shape index (κ2) is 6.93. The van der Waals surface area contributed by atoms with E-state index >= 15 is 0 Å². The molecule has 1 aromatic carbocycles. The molecule has 1 fully saturated rings. The van der Waals surface area contributed by atoms with Crippen molar-refractivity contribution in [3.63, 3.8) is 0 Å². The molecule has 1 aliphatic carbocycles. The lowest BCUT2D eigenvalue weighted by molar-refractivity contribution is 0.110. The fourth-order valence-corrected chi connectivity index (χ4v) is 4.21. The standard InChI is InChI=1S/C21H23ClN4O2/c1-20(13-27)12-26(18-16(22)11-24-19(23)25-18)17-10-14(4-5-15(17)20)6-9-21(28)7-2-3-8-21/h4-5,10-11,27-28H,2-3,7-8,12-13H2,1H3,(H2,23,24,25)/t20-/m0/s1. The number of nitrogens with zero attached hydrogens (tertiary/aromatic N) is 3. The third kappa shape index (κ3) is 3.30. The Labute approximate surface area is 169 Å². The molecule has 0 unspecified atom stereocenters. The van der Waals surface area contributed by atoms with Gasteiger partial charge in [-0.05, 0) is 43.4 Å². The van der Waals surface area contributed by atoms with Crippen LogP contribution in [0.1, 0.15) is 43.7 Å². The first-order valence-electron chi connectivity index (χ1n) is 9.40. The first kappa shape index (κ1) is 19.0. The van der Waals surface area contributed by atoms with Crippen LogP contribution in [0.2, 0.25) is 5.02 Å². The molecule has 2 heterocycles. The van der Waals surface area contributed by atoms with E-state index in [4.69, 9.17) is 17.3 Å². The van der Waals surface area contributed by atoms with Crippen LogP contribution in [-0.4, -0.2) is 38.9 Å². The smallest absolute Gasteiger partial charge is 0.222 e. The van der Waals surface area contributed by atoms with Gasteiger partial charge in [0.15, 0.2) is 5.82 Å². The Morgan fingerprint density at radius 1 is 1.32 bits per heavy atom. The average molecular weight is 399 g/mol. The van der Waals surface area contributed by atoms with Crippen LogP contribution >= 0.6 is 11.6 Å². The van der Waals surface area contributed by atoms with Gasteiger partial charge in [0, 0.05) is 23.2 Å². The molecule has 1 aromatic heterocycles. The molecule has 1 aliphatic heterocycles. The fourth-order valence-electron chi connectivity index (χ4n) is 4.02. The van der Waals surface area contributed by atoms with Crippen molar-refractivity contribution in [3.05, 3.63) is 40.5 Å². The highest BCUT2D eigenvalue weighted by molar-refractivity contribution is 6.33. The van der Waals surface area contributed by atoms with Crippen LogP contribution in [0.15, 0.2) is 24.4 Å². The Hall–Kier alpha value is -2.33. The number of benzene rings is 1. The molecule has 0 bridgehead atoms. The quantitative estimate of drug-likeness (QED) is 0.673. The lowest BCUT2D eigenvalue weighted by atomic mass is 9.85. The van der Waals surface area contributed by atoms with Gasteiger partial charge in [-0.25, -0.2) is 4.98 Å². The summed E-state index contributed by atoms with van der Waals surface area (Å²) in [6, 6.07) is 5.86. The zero-order valence-electron chi connectivity index (χ0n) is 15.7. The predicted octanol–water partition coefficient (Wildman–Crippen LogP) is 2.77. The number of anilines is 3. The second-order valence-corrected chi connectivity index (χ2v) is 8.33. The van der Waals surface area contributed by atoms with E-state index in [-0.39, 0.29) is 12.6 Å². The van der Waals surface area contributed by atoms with Gasteiger partial charge in [0.1, 0.15) is 10.6 Å². The molecule has 2 aromatic rings. The second-order valence-electron chi connectivity index (χ2n) is 7.93. The maximum Gasteiger partial charge on any atom is 0.222 e. The molecule has 2 aliphatic rings. The van der Waals surface area contributed by atoms with Crippen molar-refractivity contribution in [3.8, 4) is 11.8 Å². The number of aromatic nitrogens is 2. The van der Waals surface area contributed by atoms with Crippen LogP contribution in [0.4, 0.5) is 17.5 Å². The molecular weight excluding hydrogens is 376 g/mol. The Morgan fingerprint density at radius 3 is 2.79 bits per heavy atom. The highest BCUT2D eigenvalue weighted by Crippen LogP contribution is 2.45. The van der Waals surface area contributed by atoms with Crippen molar-refractivity contribution >= 4 is 29.1 Å². The predicted molar refractivity (Wildman–Crippen MR) is 110 cm³/mol. The van der Waals surface area contributed by atoms with E-state index in [1.165, 1.54) is 6.20 Å². The SMILES string of the molecule is C[C@@]1(CO)CN(c2nc(N)ncc2Cl)c2cc(C#CC3(O)CCCC3)ccc21. The molecule has 1 saturated carbocycles. The van der Waals surface area contributed by atoms with E-state index in [1.54, 1.807) is 0 Å². The highest BCUT2D eigenvalue weighted by Gasteiger charge is 2.40. The summed E-state index contributed by atoms with van der Waals surface area (Å²) >= 11 is 6.34. The van der Waals surface area contributed by atoms with E-state index in [9.17, 15) is 10.2 Å². The number of fused-ring (bicyclic) bond motifs is 1. The van der Waals surface area contributed by atoms with Crippen LogP contribution in [-0.2, 0) is 5.41 Å². The fraction of sp³-hybridized carbons (Fsp3) is 0.429. The summed E-state index contributed by atoms with van der Waals surface area (Å²) in [7, 11) is 0. The van der Waals surface area contributed by atoms with Crippen LogP contribution in [0.25, 0.3) is 0 Å². The summed E-state index contributed by atoms with van der Waals surface area (Å²) in [5.74, 6) is 6.81. The third-order valence-corrected chi connectivity index (χ3v) is 5.93. The minimum Gasteiger partial charge on any atom is -0.395 e. The van der Waals surface area contributed by atoms with E-state index in [2.05, 4.69) is 21.8 Å². The maximum absolute atomic E-state index is 10.5. The normalized spacial score (nSPS) is 22.6. The molecule has 0 spiro atoms. The minimum absolute atomic E-state index is 0.0144. The lowest BCUT2D eigenvalue weighted by Crippen LogP contribution is -2.32. The minimum atomic E-state index is -0.886. The number of hydrogen-bond donors (Lipinski definition) is 3. The monoisotopic (exact) mass is 398 g/mol. The van der Waals surface area contributed by atoms with Crippen molar-refractivity contribution in [2.75, 3.05) is 23.8 Å². The van der Waals surface area contributed by atoms with Gasteiger partial charge in [0.2, 0.25) is 5.95 Å². The Bertz CT molecular complexity index is 978. The summed E-state index contributed by atoms with van der Waals surface area (Å²) in [6.45, 7) is 2.49. The van der Waals surface area contributed by atoms with Crippen molar-refractivity contribution in [1.82, 2.24) is 9.97 Å². The van der Waals surface area contributed by atoms with E-state index in [1.807, 2.05) is 30.0 Å². The number of halogens is 1. The molecule has 0 radical (unpaired) electrons. The number of nitrogen functional groups attached to an aromatic ring is 1. The van der Waals surface area contributed by atoms with Gasteiger partial charge in [-0.2, -0.15) is 4.98 Å². The molecule has 4 N–H and O–H groups in total. The molecule has 4 rings (SSSR count). The molecule has 146 valence electrons. The summed E-state index contributed by atoms with van der Waals surface area (Å²) in [4.78, 5) is 10.2. The number of rotatable bonds is 2. The van der Waals surface area contributed by atoms with Gasteiger partial charge in [-0.3, -0.25) is 0 Å². The lowest BCUT2D eigenvalue weighted by Gasteiger charge is -2.24. The Balaban J connectivity index is 1.78. The molecule has 1 atom stereocenters. The molecule has 0 saturated heterocycles. The number of nitrogens with two attached hydrogens (primary N) is 1. The first-order chi connectivity index (χ1) is 13.3. The largest absolute Gasteiger partial charge is 0.395 e. The average Bonchev–Trinajstić information content (AvgIpc) is 3.25. The van der Waals surface area contributed by atoms with Crippen LogP contribution in [0.5, 0.6) is 0 Å². The Morgan fingerprint density at radius 2 is 2.07 bits per heavy atom. The van der Waals surface area contributed by atoms with Crippen molar-refractivity contribution in [1.29, 1.82) is 0 Å². The van der Waals surface area contributed by atoms with Crippen molar-refractivity contribution < 1.29 is 10.2 Å². The topological polar surface area (TPSA) is 95.5 Å². The first-order valence-corrected chi connectivity index (χ1v) is 9.78. The molecule has 6 nitrogen and oxygen atoms in total. The van der Waals surface area contributed by atoms with Gasteiger partial charge in [0.25, 0.3) is 0 Å². The maximum atomic E-state index is 10.5. The summed E-state index contributed by atoms with van der Waals surface area (Å²) in [6.07, 6.45) is 4.93. The van der Waals surface area contributed by atoms with Crippen molar-refractivity contribution in [2.24, 2.45) is 0 Å². The highest BCUT2D eigenvalue weighted by atomic mass is 35.5. The summed E-state index contributed by atoms with van der Waals surface area (Å²) < 4.78 is 0. The molecule has 7 heteroatoms. The van der Waals surface area contributed by atoms with Gasteiger partial charge in [0.05, 0.1) is 12.8 Å². The van der Waals surface area contributed by atoms with Gasteiger partial charge in [-0.15, -0.1) is 0 Å². The van der Waals surface area contributed by atoms with E-state index in [0.717, 1.165) is 42.5 Å². The number of aliphatic hydroxyl groups is 2. The zero-order chi connectivity index (χ0) is 19.9. The zero-order valence-corrected chi connectivity index (χ0v) is 16.5. The Kier molecular flexibility index (Phi) is 4.70. The molecule has 28 heavy (non-hydrogen) atoms. The van der Waals surface area contributed by atoms with Gasteiger partial charge >= 0.3 is 0 Å². The van der Waals surface area contributed by atoms with Gasteiger partial charge in [-0.1, -0.05) is 36.4 Å². The third-order valence-electron chi connectivity index (χ3n) is 5.66. The number of aliphatic hydroxyl groups excluding tert-OH is 1. The van der Waals surface area contributed by atoms with Gasteiger partial charge < -0.3 is 20.8 Å². The van der Waals surface area contributed by atoms with Crippen molar-refractivity contribution in [2.45, 2.75) is 43.6 Å². The van der Waals surface area contributed by atoms with E-state index in [0.29, 0.717) is 17.4 Å². The van der Waals surface area contributed by atoms with Crippen LogP contribution in [0, 0.1) is 11.8 Å². The summed E-state index contributed by atoms with van der Waals surface area (Å²) in [5.41, 5.74) is 7.09. The van der Waals surface area contributed by atoms with E-state index < -0.39 is 11.0 Å². The number of hydrogen-bond acceptors (Lipinski definition) is 6. The summed E-state index contributed by atoms with van der Waals surface area (Å²) in [5, 5.41) is 20.9.